The Morgan fingerprint density at radius 2 is 1.96 bits per heavy atom. The number of nitrogens with one attached hydrogen (secondary N) is 2. The van der Waals surface area contributed by atoms with Crippen LogP contribution in [0.15, 0.2) is 12.4 Å². The van der Waals surface area contributed by atoms with Crippen molar-refractivity contribution in [1.82, 2.24) is 20.2 Å². The SMILES string of the molecule is CCCCCNC(=O)c1cnc(NCCN2CCOCC2)nc1. The minimum Gasteiger partial charge on any atom is -0.379 e. The topological polar surface area (TPSA) is 79.4 Å². The smallest absolute Gasteiger partial charge is 0.254 e. The van der Waals surface area contributed by atoms with Crippen LogP contribution in [0.1, 0.15) is 36.5 Å². The number of ether oxygens (including phenoxy) is 1. The van der Waals surface area contributed by atoms with Crippen LogP contribution in [-0.4, -0.2) is 66.7 Å². The molecule has 0 unspecified atom stereocenters. The third-order valence-electron chi connectivity index (χ3n) is 3.79. The number of morpholine rings is 1. The molecular weight excluding hydrogens is 294 g/mol. The molecule has 1 aromatic rings. The average Bonchev–Trinajstić information content (AvgIpc) is 2.60. The molecule has 1 saturated heterocycles. The summed E-state index contributed by atoms with van der Waals surface area (Å²) in [6, 6.07) is 0. The number of aromatic nitrogens is 2. The van der Waals surface area contributed by atoms with E-state index in [2.05, 4.69) is 32.4 Å². The zero-order valence-electron chi connectivity index (χ0n) is 13.9. The molecule has 1 aliphatic heterocycles. The van der Waals surface area contributed by atoms with Crippen LogP contribution in [0.3, 0.4) is 0 Å². The molecule has 2 heterocycles. The first-order valence-electron chi connectivity index (χ1n) is 8.44. The van der Waals surface area contributed by atoms with Crippen molar-refractivity contribution in [1.29, 1.82) is 0 Å². The molecule has 1 fully saturated rings. The Balaban J connectivity index is 1.67. The molecule has 1 aliphatic rings. The largest absolute Gasteiger partial charge is 0.379 e. The molecule has 23 heavy (non-hydrogen) atoms. The fourth-order valence-electron chi connectivity index (χ4n) is 2.37. The van der Waals surface area contributed by atoms with Gasteiger partial charge in [0.25, 0.3) is 5.91 Å². The monoisotopic (exact) mass is 321 g/mol. The van der Waals surface area contributed by atoms with E-state index >= 15 is 0 Å². The molecule has 2 rings (SSSR count). The summed E-state index contributed by atoms with van der Waals surface area (Å²) in [4.78, 5) is 22.7. The van der Waals surface area contributed by atoms with E-state index < -0.39 is 0 Å². The van der Waals surface area contributed by atoms with Crippen molar-refractivity contribution >= 4 is 11.9 Å². The summed E-state index contributed by atoms with van der Waals surface area (Å²) >= 11 is 0. The van der Waals surface area contributed by atoms with Gasteiger partial charge in [-0.25, -0.2) is 9.97 Å². The Labute approximate surface area is 137 Å². The van der Waals surface area contributed by atoms with Gasteiger partial charge in [-0.15, -0.1) is 0 Å². The van der Waals surface area contributed by atoms with E-state index in [0.29, 0.717) is 18.1 Å². The van der Waals surface area contributed by atoms with Gasteiger partial charge >= 0.3 is 0 Å². The first-order chi connectivity index (χ1) is 11.3. The molecule has 0 atom stereocenters. The molecule has 0 aromatic carbocycles. The highest BCUT2D eigenvalue weighted by molar-refractivity contribution is 5.93. The molecule has 0 radical (unpaired) electrons. The summed E-state index contributed by atoms with van der Waals surface area (Å²) in [5.74, 6) is 0.446. The second-order valence-corrected chi connectivity index (χ2v) is 5.64. The number of nitrogens with zero attached hydrogens (tertiary/aromatic N) is 3. The number of hydrogen-bond donors (Lipinski definition) is 2. The van der Waals surface area contributed by atoms with Gasteiger partial charge in [-0.3, -0.25) is 9.69 Å². The molecule has 7 nitrogen and oxygen atoms in total. The lowest BCUT2D eigenvalue weighted by atomic mass is 10.2. The van der Waals surface area contributed by atoms with Gasteiger partial charge in [-0.2, -0.15) is 0 Å². The fraction of sp³-hybridized carbons (Fsp3) is 0.688. The third-order valence-corrected chi connectivity index (χ3v) is 3.79. The van der Waals surface area contributed by atoms with Crippen LogP contribution >= 0.6 is 0 Å². The van der Waals surface area contributed by atoms with Crippen LogP contribution in [-0.2, 0) is 4.74 Å². The quantitative estimate of drug-likeness (QED) is 0.664. The van der Waals surface area contributed by atoms with E-state index in [1.807, 2.05) is 0 Å². The Morgan fingerprint density at radius 3 is 2.65 bits per heavy atom. The Kier molecular flexibility index (Phi) is 7.75. The maximum absolute atomic E-state index is 11.9. The molecule has 0 aliphatic carbocycles. The maximum atomic E-state index is 11.9. The molecule has 1 amide bonds. The van der Waals surface area contributed by atoms with Crippen LogP contribution in [0.25, 0.3) is 0 Å². The van der Waals surface area contributed by atoms with Gasteiger partial charge in [0.1, 0.15) is 0 Å². The zero-order chi connectivity index (χ0) is 16.3. The molecule has 0 saturated carbocycles. The van der Waals surface area contributed by atoms with Gasteiger partial charge in [0.15, 0.2) is 0 Å². The summed E-state index contributed by atoms with van der Waals surface area (Å²) in [5.41, 5.74) is 0.500. The highest BCUT2D eigenvalue weighted by atomic mass is 16.5. The van der Waals surface area contributed by atoms with Crippen LogP contribution in [0.4, 0.5) is 5.95 Å². The lowest BCUT2D eigenvalue weighted by molar-refractivity contribution is 0.0398. The lowest BCUT2D eigenvalue weighted by Crippen LogP contribution is -2.39. The highest BCUT2D eigenvalue weighted by Crippen LogP contribution is 2.02. The van der Waals surface area contributed by atoms with Crippen molar-refractivity contribution in [3.8, 4) is 0 Å². The van der Waals surface area contributed by atoms with Gasteiger partial charge in [-0.1, -0.05) is 19.8 Å². The van der Waals surface area contributed by atoms with Crippen molar-refractivity contribution in [2.45, 2.75) is 26.2 Å². The predicted molar refractivity (Wildman–Crippen MR) is 89.6 cm³/mol. The molecule has 0 spiro atoms. The lowest BCUT2D eigenvalue weighted by Gasteiger charge is -2.26. The number of rotatable bonds is 9. The first-order valence-corrected chi connectivity index (χ1v) is 8.44. The Hall–Kier alpha value is -1.73. The summed E-state index contributed by atoms with van der Waals surface area (Å²) < 4.78 is 5.32. The number of anilines is 1. The molecular formula is C16H27N5O2. The molecule has 7 heteroatoms. The van der Waals surface area contributed by atoms with Crippen molar-refractivity contribution < 1.29 is 9.53 Å². The number of carbonyl (C=O) groups is 1. The predicted octanol–water partition coefficient (Wildman–Crippen LogP) is 1.14. The van der Waals surface area contributed by atoms with E-state index in [0.717, 1.165) is 58.7 Å². The van der Waals surface area contributed by atoms with Crippen molar-refractivity contribution in [2.24, 2.45) is 0 Å². The number of unbranched alkanes of at least 4 members (excludes halogenated alkanes) is 2. The minimum absolute atomic E-state index is 0.110. The van der Waals surface area contributed by atoms with Crippen LogP contribution < -0.4 is 10.6 Å². The standard InChI is InChI=1S/C16H27N5O2/c1-2-3-4-5-17-15(22)14-12-19-16(20-13-14)18-6-7-21-8-10-23-11-9-21/h12-13H,2-11H2,1H3,(H,17,22)(H,18,19,20). The van der Waals surface area contributed by atoms with E-state index in [4.69, 9.17) is 4.74 Å². The number of hydrogen-bond acceptors (Lipinski definition) is 6. The number of amides is 1. The molecule has 2 N–H and O–H groups in total. The van der Waals surface area contributed by atoms with Crippen LogP contribution in [0.5, 0.6) is 0 Å². The van der Waals surface area contributed by atoms with Crippen molar-refractivity contribution in [2.75, 3.05) is 51.3 Å². The van der Waals surface area contributed by atoms with Gasteiger partial charge < -0.3 is 15.4 Å². The van der Waals surface area contributed by atoms with Crippen LogP contribution in [0, 0.1) is 0 Å². The highest BCUT2D eigenvalue weighted by Gasteiger charge is 2.10. The molecule has 128 valence electrons. The van der Waals surface area contributed by atoms with Crippen LogP contribution in [0.2, 0.25) is 0 Å². The Bertz CT molecular complexity index is 460. The summed E-state index contributed by atoms with van der Waals surface area (Å²) in [5, 5.41) is 6.06. The Morgan fingerprint density at radius 1 is 1.22 bits per heavy atom. The van der Waals surface area contributed by atoms with Crippen molar-refractivity contribution in [3.05, 3.63) is 18.0 Å². The number of carbonyl (C=O) groups excluding carboxylic acids is 1. The maximum Gasteiger partial charge on any atom is 0.254 e. The normalized spacial score (nSPS) is 15.3. The average molecular weight is 321 g/mol. The van der Waals surface area contributed by atoms with E-state index in [1.165, 1.54) is 0 Å². The second-order valence-electron chi connectivity index (χ2n) is 5.64. The van der Waals surface area contributed by atoms with Gasteiger partial charge in [0.05, 0.1) is 18.8 Å². The van der Waals surface area contributed by atoms with Gasteiger partial charge in [-0.05, 0) is 6.42 Å². The first kappa shape index (κ1) is 17.6. The van der Waals surface area contributed by atoms with Gasteiger partial charge in [0.2, 0.25) is 5.95 Å². The fourth-order valence-corrected chi connectivity index (χ4v) is 2.37. The summed E-state index contributed by atoms with van der Waals surface area (Å²) in [6.07, 6.45) is 6.41. The molecule has 1 aromatic heterocycles. The van der Waals surface area contributed by atoms with E-state index in [1.54, 1.807) is 12.4 Å². The van der Waals surface area contributed by atoms with Crippen molar-refractivity contribution in [3.63, 3.8) is 0 Å². The second kappa shape index (κ2) is 10.1. The third kappa shape index (κ3) is 6.50. The minimum atomic E-state index is -0.110. The zero-order valence-corrected chi connectivity index (χ0v) is 13.9. The summed E-state index contributed by atoms with van der Waals surface area (Å²) in [6.45, 7) is 8.11. The van der Waals surface area contributed by atoms with E-state index in [-0.39, 0.29) is 5.91 Å². The summed E-state index contributed by atoms with van der Waals surface area (Å²) in [7, 11) is 0. The van der Waals surface area contributed by atoms with Gasteiger partial charge in [0, 0.05) is 45.1 Å². The molecule has 0 bridgehead atoms. The van der Waals surface area contributed by atoms with E-state index in [9.17, 15) is 4.79 Å².